The van der Waals surface area contributed by atoms with Gasteiger partial charge in [0.15, 0.2) is 0 Å². The first-order valence-electron chi connectivity index (χ1n) is 6.20. The van der Waals surface area contributed by atoms with Crippen molar-refractivity contribution in [1.29, 1.82) is 0 Å². The molecule has 2 heterocycles. The van der Waals surface area contributed by atoms with Crippen molar-refractivity contribution in [3.63, 3.8) is 0 Å². The molecule has 16 heavy (non-hydrogen) atoms. The third kappa shape index (κ3) is 3.29. The SMILES string of the molecule is Cc1ccncc1CNCC1CCCCN1. The molecule has 2 rings (SSSR count). The van der Waals surface area contributed by atoms with E-state index in [0.717, 1.165) is 13.1 Å². The molecule has 0 saturated carbocycles. The van der Waals surface area contributed by atoms with Crippen molar-refractivity contribution in [1.82, 2.24) is 15.6 Å². The Morgan fingerprint density at radius 2 is 2.44 bits per heavy atom. The average molecular weight is 219 g/mol. The van der Waals surface area contributed by atoms with Crippen LogP contribution in [0.5, 0.6) is 0 Å². The van der Waals surface area contributed by atoms with Gasteiger partial charge in [-0.05, 0) is 43.5 Å². The number of aromatic nitrogens is 1. The van der Waals surface area contributed by atoms with Gasteiger partial charge >= 0.3 is 0 Å². The molecule has 0 bridgehead atoms. The minimum absolute atomic E-state index is 0.658. The van der Waals surface area contributed by atoms with Gasteiger partial charge in [-0.25, -0.2) is 0 Å². The highest BCUT2D eigenvalue weighted by Gasteiger charge is 2.11. The molecule has 0 amide bonds. The van der Waals surface area contributed by atoms with Crippen molar-refractivity contribution in [2.75, 3.05) is 13.1 Å². The summed E-state index contributed by atoms with van der Waals surface area (Å²) in [7, 11) is 0. The van der Waals surface area contributed by atoms with E-state index in [9.17, 15) is 0 Å². The number of nitrogens with one attached hydrogen (secondary N) is 2. The maximum Gasteiger partial charge on any atom is 0.0315 e. The molecule has 1 saturated heterocycles. The van der Waals surface area contributed by atoms with E-state index in [4.69, 9.17) is 0 Å². The lowest BCUT2D eigenvalue weighted by molar-refractivity contribution is 0.383. The summed E-state index contributed by atoms with van der Waals surface area (Å²) in [5.74, 6) is 0. The van der Waals surface area contributed by atoms with Gasteiger partial charge in [0.1, 0.15) is 0 Å². The normalized spacial score (nSPS) is 20.9. The predicted molar refractivity (Wildman–Crippen MR) is 66.3 cm³/mol. The summed E-state index contributed by atoms with van der Waals surface area (Å²) in [6, 6.07) is 2.72. The molecule has 1 aliphatic heterocycles. The number of piperidine rings is 1. The van der Waals surface area contributed by atoms with Crippen LogP contribution in [0.1, 0.15) is 30.4 Å². The van der Waals surface area contributed by atoms with Crippen molar-refractivity contribution in [3.05, 3.63) is 29.6 Å². The Hall–Kier alpha value is -0.930. The number of pyridine rings is 1. The summed E-state index contributed by atoms with van der Waals surface area (Å²) < 4.78 is 0. The second kappa shape index (κ2) is 5.97. The van der Waals surface area contributed by atoms with Crippen LogP contribution >= 0.6 is 0 Å². The Morgan fingerprint density at radius 1 is 1.50 bits per heavy atom. The molecule has 1 aromatic heterocycles. The molecule has 2 N–H and O–H groups in total. The minimum Gasteiger partial charge on any atom is -0.313 e. The highest BCUT2D eigenvalue weighted by molar-refractivity contribution is 5.20. The molecule has 88 valence electrons. The summed E-state index contributed by atoms with van der Waals surface area (Å²) in [6.45, 7) is 5.31. The van der Waals surface area contributed by atoms with E-state index in [2.05, 4.69) is 28.6 Å². The van der Waals surface area contributed by atoms with E-state index in [0.29, 0.717) is 6.04 Å². The zero-order chi connectivity index (χ0) is 11.2. The second-order valence-electron chi connectivity index (χ2n) is 4.58. The van der Waals surface area contributed by atoms with Crippen LogP contribution in [0.2, 0.25) is 0 Å². The standard InChI is InChI=1S/C13H21N3/c1-11-5-7-14-8-12(11)9-15-10-13-4-2-3-6-16-13/h5,7-8,13,15-16H,2-4,6,9-10H2,1H3. The Balaban J connectivity index is 1.73. The molecule has 1 unspecified atom stereocenters. The van der Waals surface area contributed by atoms with Crippen LogP contribution in [-0.4, -0.2) is 24.1 Å². The van der Waals surface area contributed by atoms with Crippen LogP contribution in [0.3, 0.4) is 0 Å². The lowest BCUT2D eigenvalue weighted by Crippen LogP contribution is -2.41. The Bertz CT molecular complexity index is 319. The fourth-order valence-corrected chi connectivity index (χ4v) is 2.16. The molecule has 0 radical (unpaired) electrons. The molecule has 0 aromatic carbocycles. The zero-order valence-corrected chi connectivity index (χ0v) is 10.00. The van der Waals surface area contributed by atoms with Crippen molar-refractivity contribution in [2.45, 2.75) is 38.8 Å². The molecule has 0 aliphatic carbocycles. The molecule has 1 atom stereocenters. The first-order valence-corrected chi connectivity index (χ1v) is 6.20. The van der Waals surface area contributed by atoms with Crippen LogP contribution in [0.15, 0.2) is 18.5 Å². The third-order valence-electron chi connectivity index (χ3n) is 3.27. The smallest absolute Gasteiger partial charge is 0.0315 e. The largest absolute Gasteiger partial charge is 0.313 e. The van der Waals surface area contributed by atoms with Gasteiger partial charge in [0.05, 0.1) is 0 Å². The highest BCUT2D eigenvalue weighted by atomic mass is 15.0. The van der Waals surface area contributed by atoms with E-state index < -0.39 is 0 Å². The molecule has 3 heteroatoms. The number of nitrogens with zero attached hydrogens (tertiary/aromatic N) is 1. The number of hydrogen-bond acceptors (Lipinski definition) is 3. The van der Waals surface area contributed by atoms with Crippen LogP contribution in [0.4, 0.5) is 0 Å². The van der Waals surface area contributed by atoms with Gasteiger partial charge in [-0.2, -0.15) is 0 Å². The van der Waals surface area contributed by atoms with E-state index in [1.165, 1.54) is 36.9 Å². The fourth-order valence-electron chi connectivity index (χ4n) is 2.16. The quantitative estimate of drug-likeness (QED) is 0.808. The number of rotatable bonds is 4. The summed E-state index contributed by atoms with van der Waals surface area (Å²) in [5, 5.41) is 7.05. The Labute approximate surface area is 97.7 Å². The van der Waals surface area contributed by atoms with Crippen LogP contribution in [-0.2, 0) is 6.54 Å². The van der Waals surface area contributed by atoms with E-state index in [1.807, 2.05) is 12.4 Å². The van der Waals surface area contributed by atoms with Crippen LogP contribution in [0, 0.1) is 6.92 Å². The fraction of sp³-hybridized carbons (Fsp3) is 0.615. The van der Waals surface area contributed by atoms with Crippen molar-refractivity contribution in [2.24, 2.45) is 0 Å². The molecule has 1 fully saturated rings. The van der Waals surface area contributed by atoms with Gasteiger partial charge in [-0.3, -0.25) is 4.98 Å². The van der Waals surface area contributed by atoms with Gasteiger partial charge in [0, 0.05) is 31.5 Å². The van der Waals surface area contributed by atoms with Crippen molar-refractivity contribution in [3.8, 4) is 0 Å². The molecule has 3 nitrogen and oxygen atoms in total. The monoisotopic (exact) mass is 219 g/mol. The van der Waals surface area contributed by atoms with Gasteiger partial charge in [-0.15, -0.1) is 0 Å². The maximum absolute atomic E-state index is 4.16. The summed E-state index contributed by atoms with van der Waals surface area (Å²) in [5.41, 5.74) is 2.62. The van der Waals surface area contributed by atoms with E-state index >= 15 is 0 Å². The Morgan fingerprint density at radius 3 is 3.19 bits per heavy atom. The molecule has 1 aliphatic rings. The first kappa shape index (κ1) is 11.6. The lowest BCUT2D eigenvalue weighted by atomic mass is 10.0. The van der Waals surface area contributed by atoms with Gasteiger partial charge in [0.2, 0.25) is 0 Å². The molecule has 0 spiro atoms. The average Bonchev–Trinajstić information content (AvgIpc) is 2.33. The van der Waals surface area contributed by atoms with Crippen molar-refractivity contribution >= 4 is 0 Å². The molecular weight excluding hydrogens is 198 g/mol. The van der Waals surface area contributed by atoms with Crippen molar-refractivity contribution < 1.29 is 0 Å². The zero-order valence-electron chi connectivity index (χ0n) is 10.00. The summed E-state index contributed by atoms with van der Waals surface area (Å²) in [4.78, 5) is 4.16. The summed E-state index contributed by atoms with van der Waals surface area (Å²) in [6.07, 6.45) is 7.81. The maximum atomic E-state index is 4.16. The van der Waals surface area contributed by atoms with Gasteiger partial charge in [0.25, 0.3) is 0 Å². The number of aryl methyl sites for hydroxylation is 1. The number of hydrogen-bond donors (Lipinski definition) is 2. The van der Waals surface area contributed by atoms with Gasteiger partial charge in [-0.1, -0.05) is 6.42 Å². The third-order valence-corrected chi connectivity index (χ3v) is 3.27. The molecular formula is C13H21N3. The lowest BCUT2D eigenvalue weighted by Gasteiger charge is -2.23. The van der Waals surface area contributed by atoms with Crippen LogP contribution in [0.25, 0.3) is 0 Å². The molecule has 1 aromatic rings. The first-order chi connectivity index (χ1) is 7.86. The van der Waals surface area contributed by atoms with E-state index in [1.54, 1.807) is 0 Å². The van der Waals surface area contributed by atoms with Gasteiger partial charge < -0.3 is 10.6 Å². The topological polar surface area (TPSA) is 37.0 Å². The minimum atomic E-state index is 0.658. The van der Waals surface area contributed by atoms with Crippen LogP contribution < -0.4 is 10.6 Å². The summed E-state index contributed by atoms with van der Waals surface area (Å²) >= 11 is 0. The predicted octanol–water partition coefficient (Wildman–Crippen LogP) is 1.62. The Kier molecular flexibility index (Phi) is 4.31. The second-order valence-corrected chi connectivity index (χ2v) is 4.58. The highest BCUT2D eigenvalue weighted by Crippen LogP contribution is 2.07. The van der Waals surface area contributed by atoms with E-state index in [-0.39, 0.29) is 0 Å².